The lowest BCUT2D eigenvalue weighted by atomic mass is 10.0. The number of likely N-dealkylation sites (tertiary alicyclic amines) is 1. The average molecular weight is 851 g/mol. The van der Waals surface area contributed by atoms with Gasteiger partial charge in [0.25, 0.3) is 5.91 Å². The highest BCUT2D eigenvalue weighted by Gasteiger charge is 2.45. The number of alkyl carbamates (subject to hydrolysis) is 2. The lowest BCUT2D eigenvalue weighted by Gasteiger charge is -2.29. The van der Waals surface area contributed by atoms with E-state index >= 15 is 0 Å². The summed E-state index contributed by atoms with van der Waals surface area (Å²) in [5.74, 6) is 1.01. The van der Waals surface area contributed by atoms with Crippen LogP contribution in [0.5, 0.6) is 0 Å². The zero-order chi connectivity index (χ0) is 43.4. The Hall–Kier alpha value is -7.00. The topological polar surface area (TPSA) is 175 Å². The van der Waals surface area contributed by atoms with Crippen LogP contribution in [0, 0.1) is 0 Å². The third-order valence-corrected chi connectivity index (χ3v) is 14.4. The molecule has 4 N–H and O–H groups in total. The summed E-state index contributed by atoms with van der Waals surface area (Å²) in [6.45, 7) is 5.09. The minimum atomic E-state index is -1.81. The molecule has 0 bridgehead atoms. The van der Waals surface area contributed by atoms with E-state index in [1.807, 2.05) is 83.9 Å². The third kappa shape index (κ3) is 8.88. The Kier molecular flexibility index (Phi) is 12.1. The first-order chi connectivity index (χ1) is 30.0. The van der Waals surface area contributed by atoms with Crippen LogP contribution < -0.4 is 10.6 Å². The van der Waals surface area contributed by atoms with Crippen LogP contribution in [-0.2, 0) is 19.1 Å². The highest BCUT2D eigenvalue weighted by atomic mass is 28.3. The zero-order valence-corrected chi connectivity index (χ0v) is 36.1. The van der Waals surface area contributed by atoms with Crippen molar-refractivity contribution in [3.63, 3.8) is 0 Å². The average Bonchev–Trinajstić information content (AvgIpc) is 4.14. The van der Waals surface area contributed by atoms with Gasteiger partial charge in [0.2, 0.25) is 5.91 Å². The predicted octanol–water partition coefficient (Wildman–Crippen LogP) is 8.12. The number of carbonyl (C=O) groups is 4. The number of hydrogen-bond acceptors (Lipinski definition) is 8. The maximum absolute atomic E-state index is 14.2. The summed E-state index contributed by atoms with van der Waals surface area (Å²) in [4.78, 5) is 72.8. The van der Waals surface area contributed by atoms with Crippen molar-refractivity contribution >= 4 is 32.1 Å². The number of amides is 4. The minimum absolute atomic E-state index is 0.193. The number of H-pyrrole nitrogens is 2. The maximum Gasteiger partial charge on any atom is 0.407 e. The molecule has 4 heterocycles. The Morgan fingerprint density at radius 1 is 0.629 bits per heavy atom. The highest BCUT2D eigenvalue weighted by Crippen LogP contribution is 2.39. The Bertz CT molecular complexity index is 2530. The van der Waals surface area contributed by atoms with Crippen LogP contribution in [0.15, 0.2) is 122 Å². The van der Waals surface area contributed by atoms with E-state index in [4.69, 9.17) is 19.4 Å². The third-order valence-electron chi connectivity index (χ3n) is 11.7. The molecule has 2 saturated heterocycles. The molecule has 0 saturated carbocycles. The van der Waals surface area contributed by atoms with Crippen LogP contribution in [-0.4, -0.2) is 88.7 Å². The van der Waals surface area contributed by atoms with E-state index in [0.717, 1.165) is 58.4 Å². The van der Waals surface area contributed by atoms with Gasteiger partial charge in [0.15, 0.2) is 0 Å². The first-order valence-electron chi connectivity index (χ1n) is 20.7. The number of nitrogens with one attached hydrogen (secondary N) is 4. The van der Waals surface area contributed by atoms with Gasteiger partial charge in [0, 0.05) is 12.7 Å². The number of nitrogens with zero attached hydrogens (tertiary/aromatic N) is 4. The van der Waals surface area contributed by atoms with Gasteiger partial charge in [-0.25, -0.2) is 19.6 Å². The molecule has 0 spiro atoms. The second-order valence-electron chi connectivity index (χ2n) is 16.5. The molecule has 2 fully saturated rings. The molecular formula is C47H50N8O6Si. The van der Waals surface area contributed by atoms with Crippen LogP contribution in [0.2, 0.25) is 19.1 Å². The number of benzene rings is 4. The summed E-state index contributed by atoms with van der Waals surface area (Å²) in [7, 11) is 0.754. The molecule has 4 aromatic carbocycles. The number of rotatable bonds is 11. The van der Waals surface area contributed by atoms with Crippen LogP contribution in [0.4, 0.5) is 9.59 Å². The molecule has 2 aliphatic heterocycles. The molecule has 0 aliphatic carbocycles. The summed E-state index contributed by atoms with van der Waals surface area (Å²) < 4.78 is 9.71. The van der Waals surface area contributed by atoms with Crippen molar-refractivity contribution in [1.82, 2.24) is 40.4 Å². The van der Waals surface area contributed by atoms with Crippen molar-refractivity contribution in [2.24, 2.45) is 0 Å². The van der Waals surface area contributed by atoms with Crippen LogP contribution in [0.3, 0.4) is 0 Å². The standard InChI is InChI=1S/C47H50N8O6Si/c1-60-46(58)52-40(34-12-7-5-8-13-34)44(56)54-25-11-16-38(54)42-48-26-36(50-42)32-21-17-30(18-22-32)31-19-23-33(24-20-31)37-27-49-43(51-37)39-28-62(3,4)29-55(39)45(57)41(53-47(59)61-2)35-14-9-6-10-15-35/h5-10,12-15,17-24,26-27,38-41H,11,16,25,28-29H2,1-4H3,(H,48,50)(H,49,51)(H,52,58)(H,53,59)/t38-,39-,40+,41+/m1/s1. The fraction of sp³-hybridized carbons (Fsp3) is 0.277. The quantitative estimate of drug-likeness (QED) is 0.0946. The molecule has 4 atom stereocenters. The predicted molar refractivity (Wildman–Crippen MR) is 237 cm³/mol. The molecule has 6 aromatic rings. The van der Waals surface area contributed by atoms with Crippen molar-refractivity contribution in [3.8, 4) is 33.6 Å². The van der Waals surface area contributed by atoms with Crippen molar-refractivity contribution in [3.05, 3.63) is 144 Å². The van der Waals surface area contributed by atoms with Crippen LogP contribution >= 0.6 is 0 Å². The second kappa shape index (κ2) is 17.9. The number of carbonyl (C=O) groups excluding carboxylic acids is 4. The van der Waals surface area contributed by atoms with Crippen molar-refractivity contribution < 1.29 is 28.7 Å². The van der Waals surface area contributed by atoms with E-state index in [2.05, 4.69) is 70.1 Å². The number of aromatic nitrogens is 4. The van der Waals surface area contributed by atoms with Gasteiger partial charge in [-0.3, -0.25) is 9.59 Å². The molecule has 0 unspecified atom stereocenters. The molecular weight excluding hydrogens is 801 g/mol. The number of imidazole rings is 2. The summed E-state index contributed by atoms with van der Waals surface area (Å²) in [5.41, 5.74) is 7.07. The molecule has 4 amide bonds. The molecule has 2 aliphatic rings. The van der Waals surface area contributed by atoms with Crippen molar-refractivity contribution in [1.29, 1.82) is 0 Å². The molecule has 318 valence electrons. The molecule has 14 nitrogen and oxygen atoms in total. The fourth-order valence-electron chi connectivity index (χ4n) is 8.60. The smallest absolute Gasteiger partial charge is 0.407 e. The summed E-state index contributed by atoms with van der Waals surface area (Å²) in [5, 5.41) is 5.47. The van der Waals surface area contributed by atoms with E-state index in [1.54, 1.807) is 11.1 Å². The molecule has 15 heteroatoms. The number of ether oxygens (including phenoxy) is 2. The van der Waals surface area contributed by atoms with Crippen LogP contribution in [0.1, 0.15) is 59.8 Å². The summed E-state index contributed by atoms with van der Waals surface area (Å²) in [6, 6.07) is 33.5. The van der Waals surface area contributed by atoms with E-state index in [0.29, 0.717) is 29.7 Å². The number of hydrogen-bond donors (Lipinski definition) is 4. The Labute approximate surface area is 361 Å². The van der Waals surface area contributed by atoms with Crippen molar-refractivity contribution in [2.45, 2.75) is 56.1 Å². The van der Waals surface area contributed by atoms with Gasteiger partial charge in [-0.05, 0) is 52.3 Å². The molecule has 0 radical (unpaired) electrons. The summed E-state index contributed by atoms with van der Waals surface area (Å²) in [6.07, 6.45) is 4.47. The largest absolute Gasteiger partial charge is 0.453 e. The van der Waals surface area contributed by atoms with E-state index in [1.165, 1.54) is 14.2 Å². The second-order valence-corrected chi connectivity index (χ2v) is 21.6. The van der Waals surface area contributed by atoms with Gasteiger partial charge in [-0.2, -0.15) is 0 Å². The maximum atomic E-state index is 14.2. The lowest BCUT2D eigenvalue weighted by Crippen LogP contribution is -2.44. The lowest BCUT2D eigenvalue weighted by molar-refractivity contribution is -0.135. The van der Waals surface area contributed by atoms with Gasteiger partial charge < -0.3 is 39.9 Å². The Balaban J connectivity index is 0.945. The van der Waals surface area contributed by atoms with Crippen molar-refractivity contribution in [2.75, 3.05) is 26.9 Å². The number of methoxy groups -OCH3 is 2. The first kappa shape index (κ1) is 41.7. The van der Waals surface area contributed by atoms with Gasteiger partial charge in [0.05, 0.1) is 58.2 Å². The molecule has 2 aromatic heterocycles. The van der Waals surface area contributed by atoms with Gasteiger partial charge in [-0.1, -0.05) is 122 Å². The Morgan fingerprint density at radius 2 is 1.06 bits per heavy atom. The highest BCUT2D eigenvalue weighted by molar-refractivity contribution is 6.78. The monoisotopic (exact) mass is 850 g/mol. The Morgan fingerprint density at radius 3 is 1.53 bits per heavy atom. The summed E-state index contributed by atoms with van der Waals surface area (Å²) >= 11 is 0. The minimum Gasteiger partial charge on any atom is -0.453 e. The zero-order valence-electron chi connectivity index (χ0n) is 35.1. The van der Waals surface area contributed by atoms with E-state index in [9.17, 15) is 19.2 Å². The molecule has 62 heavy (non-hydrogen) atoms. The van der Waals surface area contributed by atoms with Gasteiger partial charge >= 0.3 is 12.2 Å². The van der Waals surface area contributed by atoms with Gasteiger partial charge in [-0.15, -0.1) is 0 Å². The number of aromatic amines is 2. The SMILES string of the molecule is COC(=O)N[C@H](C(=O)N1CCC[C@@H]1c1ncc(-c2ccc(-c3ccc(-c4cnc([C@H]5C[Si](C)(C)CN5C(=O)[C@@H](NC(=O)OC)c5ccccc5)[nH]4)cc3)cc2)[nH]1)c1ccccc1. The van der Waals surface area contributed by atoms with E-state index < -0.39 is 32.3 Å². The van der Waals surface area contributed by atoms with E-state index in [-0.39, 0.29) is 23.9 Å². The normalized spacial score (nSPS) is 17.9. The van der Waals surface area contributed by atoms with Gasteiger partial charge in [0.1, 0.15) is 23.7 Å². The molecule has 8 rings (SSSR count). The fourth-order valence-corrected chi connectivity index (χ4v) is 11.5. The first-order valence-corrected chi connectivity index (χ1v) is 24.1. The van der Waals surface area contributed by atoms with Crippen LogP contribution in [0.25, 0.3) is 33.6 Å².